The summed E-state index contributed by atoms with van der Waals surface area (Å²) in [6.07, 6.45) is 1.57. The number of nitrogens with zero attached hydrogens (tertiary/aromatic N) is 1. The van der Waals surface area contributed by atoms with E-state index in [4.69, 9.17) is 26.2 Å². The van der Waals surface area contributed by atoms with Gasteiger partial charge in [-0.25, -0.2) is 9.78 Å². The highest BCUT2D eigenvalue weighted by Crippen LogP contribution is 2.38. The number of carboxylic acids is 1. The maximum Gasteiger partial charge on any atom is 0.338 e. The fourth-order valence-corrected chi connectivity index (χ4v) is 3.16. The van der Waals surface area contributed by atoms with Crippen molar-refractivity contribution in [1.29, 1.82) is 0 Å². The van der Waals surface area contributed by atoms with Crippen LogP contribution in [0.5, 0.6) is 11.5 Å². The lowest BCUT2D eigenvalue weighted by Crippen LogP contribution is -2.00. The Labute approximate surface area is 129 Å². The first-order chi connectivity index (χ1) is 10.1. The Morgan fingerprint density at radius 1 is 1.38 bits per heavy atom. The summed E-state index contributed by atoms with van der Waals surface area (Å²) in [4.78, 5) is 15.2. The van der Waals surface area contributed by atoms with Gasteiger partial charge in [0.15, 0.2) is 11.5 Å². The quantitative estimate of drug-likeness (QED) is 0.869. The normalized spacial score (nSPS) is 12.4. The second-order valence-corrected chi connectivity index (χ2v) is 5.62. The number of carbonyl (C=O) groups is 1. The zero-order valence-electron chi connectivity index (χ0n) is 10.7. The lowest BCUT2D eigenvalue weighted by Gasteiger charge is -2.07. The summed E-state index contributed by atoms with van der Waals surface area (Å²) in [6, 6.07) is 6.64. The number of pyridine rings is 1. The summed E-state index contributed by atoms with van der Waals surface area (Å²) >= 11 is 7.51. The smallest absolute Gasteiger partial charge is 0.338 e. The van der Waals surface area contributed by atoms with Gasteiger partial charge in [-0.1, -0.05) is 11.6 Å². The summed E-state index contributed by atoms with van der Waals surface area (Å²) < 4.78 is 10.6. The lowest BCUT2D eigenvalue weighted by atomic mass is 10.2. The van der Waals surface area contributed by atoms with Gasteiger partial charge in [0.1, 0.15) is 5.03 Å². The van der Waals surface area contributed by atoms with Crippen molar-refractivity contribution in [2.75, 3.05) is 6.79 Å². The number of benzene rings is 1. The highest BCUT2D eigenvalue weighted by molar-refractivity contribution is 7.98. The predicted octanol–water partition coefficient (Wildman–Crippen LogP) is 3.45. The largest absolute Gasteiger partial charge is 0.478 e. The average Bonchev–Trinajstić information content (AvgIpc) is 2.92. The third-order valence-electron chi connectivity index (χ3n) is 2.91. The molecule has 0 fully saturated rings. The molecular weight excluding hydrogens is 314 g/mol. The average molecular weight is 324 g/mol. The number of halogens is 1. The van der Waals surface area contributed by atoms with Crippen molar-refractivity contribution in [3.05, 3.63) is 46.6 Å². The number of hydrogen-bond acceptors (Lipinski definition) is 5. The molecule has 0 spiro atoms. The number of hydrogen-bond donors (Lipinski definition) is 1. The van der Waals surface area contributed by atoms with E-state index in [-0.39, 0.29) is 12.4 Å². The summed E-state index contributed by atoms with van der Waals surface area (Å²) in [7, 11) is 0. The Hall–Kier alpha value is -1.92. The molecule has 1 aliphatic heterocycles. The van der Waals surface area contributed by atoms with Gasteiger partial charge in [-0.15, -0.1) is 11.8 Å². The summed E-state index contributed by atoms with van der Waals surface area (Å²) in [5, 5.41) is 10.1. The van der Waals surface area contributed by atoms with E-state index in [9.17, 15) is 4.79 Å². The molecule has 1 aromatic heterocycles. The number of carboxylic acid groups (broad SMARTS) is 1. The minimum atomic E-state index is -0.998. The number of rotatable bonds is 4. The molecule has 0 atom stereocenters. The number of thioether (sulfide) groups is 1. The van der Waals surface area contributed by atoms with E-state index < -0.39 is 5.97 Å². The van der Waals surface area contributed by atoms with Crippen LogP contribution in [0.15, 0.2) is 35.5 Å². The molecule has 0 radical (unpaired) electrons. The Morgan fingerprint density at radius 3 is 2.90 bits per heavy atom. The van der Waals surface area contributed by atoms with E-state index >= 15 is 0 Å². The van der Waals surface area contributed by atoms with E-state index in [1.54, 1.807) is 24.4 Å². The van der Waals surface area contributed by atoms with Crippen molar-refractivity contribution in [3.63, 3.8) is 0 Å². The third kappa shape index (κ3) is 2.91. The fraction of sp³-hybridized carbons (Fsp3) is 0.143. The number of ether oxygens (including phenoxy) is 2. The molecular formula is C14H10ClNO4S. The standard InChI is InChI=1S/C14H10ClNO4S/c15-10-5-12-11(19-7-20-12)4-8(10)6-21-13-9(14(17)18)2-1-3-16-13/h1-5H,6-7H2,(H,17,18). The molecule has 1 N–H and O–H groups in total. The first-order valence-corrected chi connectivity index (χ1v) is 7.40. The van der Waals surface area contributed by atoms with E-state index in [0.717, 1.165) is 5.56 Å². The minimum absolute atomic E-state index is 0.180. The first kappa shape index (κ1) is 14.0. The molecule has 1 aromatic carbocycles. The summed E-state index contributed by atoms with van der Waals surface area (Å²) in [6.45, 7) is 0.186. The molecule has 21 heavy (non-hydrogen) atoms. The zero-order chi connectivity index (χ0) is 14.8. The zero-order valence-corrected chi connectivity index (χ0v) is 12.3. The molecule has 0 bridgehead atoms. The monoisotopic (exact) mass is 323 g/mol. The number of aromatic carboxylic acids is 1. The molecule has 7 heteroatoms. The number of aromatic nitrogens is 1. The lowest BCUT2D eigenvalue weighted by molar-refractivity contribution is 0.0692. The van der Waals surface area contributed by atoms with Crippen LogP contribution in [0.25, 0.3) is 0 Å². The molecule has 0 saturated carbocycles. The SMILES string of the molecule is O=C(O)c1cccnc1SCc1cc2c(cc1Cl)OCO2. The maximum absolute atomic E-state index is 11.1. The van der Waals surface area contributed by atoms with Crippen molar-refractivity contribution < 1.29 is 19.4 Å². The van der Waals surface area contributed by atoms with Gasteiger partial charge >= 0.3 is 5.97 Å². The second-order valence-electron chi connectivity index (χ2n) is 4.25. The fourth-order valence-electron chi connectivity index (χ4n) is 1.88. The van der Waals surface area contributed by atoms with Crippen LogP contribution in [-0.4, -0.2) is 22.9 Å². The highest BCUT2D eigenvalue weighted by Gasteiger charge is 2.17. The van der Waals surface area contributed by atoms with Crippen LogP contribution >= 0.6 is 23.4 Å². The van der Waals surface area contributed by atoms with E-state index in [1.807, 2.05) is 0 Å². The second kappa shape index (κ2) is 5.83. The molecule has 108 valence electrons. The van der Waals surface area contributed by atoms with E-state index in [1.165, 1.54) is 17.8 Å². The van der Waals surface area contributed by atoms with Gasteiger partial charge < -0.3 is 14.6 Å². The van der Waals surface area contributed by atoms with Gasteiger partial charge in [-0.05, 0) is 23.8 Å². The molecule has 0 amide bonds. The Balaban J connectivity index is 1.81. The van der Waals surface area contributed by atoms with Crippen LogP contribution in [0.2, 0.25) is 5.02 Å². The predicted molar refractivity (Wildman–Crippen MR) is 78.3 cm³/mol. The molecule has 5 nitrogen and oxygen atoms in total. The Kier molecular flexibility index (Phi) is 3.90. The van der Waals surface area contributed by atoms with Crippen molar-refractivity contribution in [1.82, 2.24) is 4.98 Å². The first-order valence-electron chi connectivity index (χ1n) is 6.04. The molecule has 0 unspecified atom stereocenters. The Bertz CT molecular complexity index is 707. The minimum Gasteiger partial charge on any atom is -0.478 e. The Morgan fingerprint density at radius 2 is 2.14 bits per heavy atom. The van der Waals surface area contributed by atoms with Gasteiger partial charge in [-0.2, -0.15) is 0 Å². The summed E-state index contributed by atoms with van der Waals surface area (Å²) in [5.41, 5.74) is 1.02. The topological polar surface area (TPSA) is 68.7 Å². The van der Waals surface area contributed by atoms with Crippen LogP contribution in [-0.2, 0) is 5.75 Å². The van der Waals surface area contributed by atoms with Gasteiger partial charge in [0.05, 0.1) is 5.56 Å². The van der Waals surface area contributed by atoms with Gasteiger partial charge in [0.25, 0.3) is 0 Å². The molecule has 1 aliphatic rings. The van der Waals surface area contributed by atoms with Gasteiger partial charge in [-0.3, -0.25) is 0 Å². The van der Waals surface area contributed by atoms with E-state index in [2.05, 4.69) is 4.98 Å². The van der Waals surface area contributed by atoms with Crippen molar-refractivity contribution in [2.45, 2.75) is 10.8 Å². The van der Waals surface area contributed by atoms with Crippen LogP contribution in [0.3, 0.4) is 0 Å². The maximum atomic E-state index is 11.1. The van der Waals surface area contributed by atoms with Crippen LogP contribution in [0.4, 0.5) is 0 Å². The molecule has 2 heterocycles. The molecule has 0 aliphatic carbocycles. The van der Waals surface area contributed by atoms with Gasteiger partial charge in [0, 0.05) is 23.0 Å². The highest BCUT2D eigenvalue weighted by atomic mass is 35.5. The molecule has 0 saturated heterocycles. The third-order valence-corrected chi connectivity index (χ3v) is 4.31. The van der Waals surface area contributed by atoms with Crippen molar-refractivity contribution >= 4 is 29.3 Å². The van der Waals surface area contributed by atoms with Crippen molar-refractivity contribution in [3.8, 4) is 11.5 Å². The summed E-state index contributed by atoms with van der Waals surface area (Å²) in [5.74, 6) is 0.766. The van der Waals surface area contributed by atoms with Crippen molar-refractivity contribution in [2.24, 2.45) is 0 Å². The van der Waals surface area contributed by atoms with Crippen LogP contribution < -0.4 is 9.47 Å². The number of fused-ring (bicyclic) bond motifs is 1. The van der Waals surface area contributed by atoms with E-state index in [0.29, 0.717) is 27.3 Å². The van der Waals surface area contributed by atoms with Gasteiger partial charge in [0.2, 0.25) is 6.79 Å². The molecule has 3 rings (SSSR count). The molecule has 2 aromatic rings. The van der Waals surface area contributed by atoms with Crippen LogP contribution in [0, 0.1) is 0 Å². The van der Waals surface area contributed by atoms with Crippen LogP contribution in [0.1, 0.15) is 15.9 Å².